The summed E-state index contributed by atoms with van der Waals surface area (Å²) < 4.78 is 0. The van der Waals surface area contributed by atoms with Gasteiger partial charge in [-0.05, 0) is 25.8 Å². The van der Waals surface area contributed by atoms with Crippen LogP contribution in [-0.2, 0) is 6.54 Å². The van der Waals surface area contributed by atoms with Gasteiger partial charge in [-0.1, -0.05) is 6.07 Å². The minimum Gasteiger partial charge on any atom is -0.336 e. The molecule has 0 N–H and O–H groups in total. The largest absolute Gasteiger partial charge is 0.336 e. The van der Waals surface area contributed by atoms with Gasteiger partial charge in [0.15, 0.2) is 0 Å². The average Bonchev–Trinajstić information content (AvgIpc) is 3.41. The number of piperazine rings is 1. The molecule has 8 heteroatoms. The quantitative estimate of drug-likeness (QED) is 0.582. The molecule has 142 valence electrons. The number of amides is 1. The Hall–Kier alpha value is -2.32. The number of hydrogen-bond donors (Lipinski definition) is 0. The molecule has 0 spiro atoms. The summed E-state index contributed by atoms with van der Waals surface area (Å²) in [6.07, 6.45) is 2.53. The summed E-state index contributed by atoms with van der Waals surface area (Å²) in [7, 11) is 0. The Bertz CT molecular complexity index is 870. The normalized spacial score (nSPS) is 17.9. The first-order valence-electron chi connectivity index (χ1n) is 9.23. The lowest BCUT2D eigenvalue weighted by Gasteiger charge is -2.34. The number of thiazole rings is 1. The maximum atomic E-state index is 12.8. The van der Waals surface area contributed by atoms with Crippen LogP contribution in [0.2, 0.25) is 0 Å². The number of rotatable bonds is 5. The monoisotopic (exact) mass is 386 g/mol. The second-order valence-corrected chi connectivity index (χ2v) is 8.16. The number of aromatic nitrogens is 1. The molecule has 4 rings (SSSR count). The smallest absolute Gasteiger partial charge is 0.273 e. The van der Waals surface area contributed by atoms with Crippen LogP contribution in [0.15, 0.2) is 23.6 Å². The van der Waals surface area contributed by atoms with E-state index in [2.05, 4.69) is 10.3 Å². The highest BCUT2D eigenvalue weighted by molar-refractivity contribution is 7.09. The molecule has 1 amide bonds. The molecular weight excluding hydrogens is 364 g/mol. The molecule has 1 saturated heterocycles. The Morgan fingerprint density at radius 3 is 2.70 bits per heavy atom. The zero-order valence-corrected chi connectivity index (χ0v) is 16.1. The number of hydrogen-bond acceptors (Lipinski definition) is 6. The van der Waals surface area contributed by atoms with Crippen LogP contribution in [0.25, 0.3) is 0 Å². The Balaban J connectivity index is 1.36. The number of nitro groups is 1. The predicted octanol–water partition coefficient (Wildman–Crippen LogP) is 3.20. The third kappa shape index (κ3) is 3.86. The third-order valence-corrected chi connectivity index (χ3v) is 6.17. The Kier molecular flexibility index (Phi) is 4.92. The van der Waals surface area contributed by atoms with Crippen LogP contribution in [0, 0.1) is 17.0 Å². The molecule has 1 aliphatic carbocycles. The van der Waals surface area contributed by atoms with E-state index < -0.39 is 4.92 Å². The van der Waals surface area contributed by atoms with Crippen molar-refractivity contribution in [1.29, 1.82) is 0 Å². The molecule has 2 aliphatic rings. The first-order valence-corrected chi connectivity index (χ1v) is 10.1. The van der Waals surface area contributed by atoms with Gasteiger partial charge in [0.25, 0.3) is 11.6 Å². The van der Waals surface area contributed by atoms with Gasteiger partial charge in [-0.2, -0.15) is 0 Å². The van der Waals surface area contributed by atoms with E-state index in [9.17, 15) is 14.9 Å². The molecular formula is C19H22N4O3S. The van der Waals surface area contributed by atoms with Crippen molar-refractivity contribution in [2.24, 2.45) is 0 Å². The topological polar surface area (TPSA) is 79.6 Å². The molecule has 0 atom stereocenters. The molecule has 0 bridgehead atoms. The van der Waals surface area contributed by atoms with Gasteiger partial charge < -0.3 is 4.90 Å². The standard InChI is InChI=1S/C19H22N4O3S/c1-13-15(3-2-4-17(13)23(25)26)19(24)22-9-7-21(8-10-22)11-18-20-16(12-27-18)14-5-6-14/h2-4,12,14H,5-11H2,1H3. The van der Waals surface area contributed by atoms with Crippen molar-refractivity contribution in [3.8, 4) is 0 Å². The lowest BCUT2D eigenvalue weighted by atomic mass is 10.1. The number of nitro benzene ring substituents is 1. The number of carbonyl (C=O) groups excluding carboxylic acids is 1. The molecule has 27 heavy (non-hydrogen) atoms. The molecule has 1 aromatic heterocycles. The van der Waals surface area contributed by atoms with Crippen LogP contribution < -0.4 is 0 Å². The second kappa shape index (κ2) is 7.36. The number of nitrogens with zero attached hydrogens (tertiary/aromatic N) is 4. The lowest BCUT2D eigenvalue weighted by molar-refractivity contribution is -0.385. The summed E-state index contributed by atoms with van der Waals surface area (Å²) in [5, 5.41) is 14.4. The van der Waals surface area contributed by atoms with Crippen molar-refractivity contribution in [3.63, 3.8) is 0 Å². The lowest BCUT2D eigenvalue weighted by Crippen LogP contribution is -2.48. The summed E-state index contributed by atoms with van der Waals surface area (Å²) in [4.78, 5) is 32.3. The van der Waals surface area contributed by atoms with Crippen LogP contribution in [0.5, 0.6) is 0 Å². The van der Waals surface area contributed by atoms with Crippen LogP contribution >= 0.6 is 11.3 Å². The molecule has 7 nitrogen and oxygen atoms in total. The van der Waals surface area contributed by atoms with Crippen molar-refractivity contribution in [2.45, 2.75) is 32.2 Å². The summed E-state index contributed by atoms with van der Waals surface area (Å²) >= 11 is 1.72. The van der Waals surface area contributed by atoms with Crippen molar-refractivity contribution < 1.29 is 9.72 Å². The van der Waals surface area contributed by atoms with E-state index >= 15 is 0 Å². The SMILES string of the molecule is Cc1c(C(=O)N2CCN(Cc3nc(C4CC4)cs3)CC2)cccc1[N+](=O)[O-]. The second-order valence-electron chi connectivity index (χ2n) is 7.22. The van der Waals surface area contributed by atoms with Gasteiger partial charge in [0.2, 0.25) is 0 Å². The van der Waals surface area contributed by atoms with Crippen molar-refractivity contribution in [3.05, 3.63) is 55.5 Å². The van der Waals surface area contributed by atoms with Gasteiger partial charge in [0.05, 0.1) is 17.2 Å². The van der Waals surface area contributed by atoms with E-state index in [1.165, 1.54) is 24.6 Å². The first-order chi connectivity index (χ1) is 13.0. The molecule has 2 fully saturated rings. The highest BCUT2D eigenvalue weighted by atomic mass is 32.1. The van der Waals surface area contributed by atoms with Gasteiger partial charge in [-0.25, -0.2) is 4.98 Å². The van der Waals surface area contributed by atoms with E-state index in [4.69, 9.17) is 4.98 Å². The number of benzene rings is 1. The van der Waals surface area contributed by atoms with E-state index in [1.54, 1.807) is 35.3 Å². The van der Waals surface area contributed by atoms with Gasteiger partial charge in [-0.15, -0.1) is 11.3 Å². The fourth-order valence-electron chi connectivity index (χ4n) is 3.49. The Morgan fingerprint density at radius 1 is 1.30 bits per heavy atom. The van der Waals surface area contributed by atoms with Gasteiger partial charge in [-0.3, -0.25) is 19.8 Å². The predicted molar refractivity (Wildman–Crippen MR) is 103 cm³/mol. The van der Waals surface area contributed by atoms with Crippen molar-refractivity contribution in [1.82, 2.24) is 14.8 Å². The van der Waals surface area contributed by atoms with Gasteiger partial charge in [0.1, 0.15) is 5.01 Å². The van der Waals surface area contributed by atoms with Crippen LogP contribution in [0.4, 0.5) is 5.69 Å². The van der Waals surface area contributed by atoms with Crippen LogP contribution in [0.1, 0.15) is 45.4 Å². The zero-order chi connectivity index (χ0) is 19.0. The van der Waals surface area contributed by atoms with Crippen LogP contribution in [-0.4, -0.2) is 51.8 Å². The maximum Gasteiger partial charge on any atom is 0.273 e. The summed E-state index contributed by atoms with van der Waals surface area (Å²) in [5.41, 5.74) is 2.09. The van der Waals surface area contributed by atoms with Crippen LogP contribution in [0.3, 0.4) is 0 Å². The van der Waals surface area contributed by atoms with E-state index in [0.717, 1.165) is 24.6 Å². The molecule has 1 saturated carbocycles. The fraction of sp³-hybridized carbons (Fsp3) is 0.474. The zero-order valence-electron chi connectivity index (χ0n) is 15.3. The molecule has 1 aromatic carbocycles. The van der Waals surface area contributed by atoms with E-state index in [1.807, 2.05) is 0 Å². The Morgan fingerprint density at radius 2 is 2.04 bits per heavy atom. The molecule has 0 radical (unpaired) electrons. The van der Waals surface area contributed by atoms with Gasteiger partial charge in [0, 0.05) is 54.7 Å². The van der Waals surface area contributed by atoms with Crippen molar-refractivity contribution in [2.75, 3.05) is 26.2 Å². The van der Waals surface area contributed by atoms with Gasteiger partial charge >= 0.3 is 0 Å². The first kappa shape index (κ1) is 18.1. The highest BCUT2D eigenvalue weighted by Crippen LogP contribution is 2.40. The van der Waals surface area contributed by atoms with E-state index in [0.29, 0.717) is 30.1 Å². The Labute approximate surface area is 161 Å². The summed E-state index contributed by atoms with van der Waals surface area (Å²) in [6.45, 7) is 5.30. The fourth-order valence-corrected chi connectivity index (χ4v) is 4.41. The third-order valence-electron chi connectivity index (χ3n) is 5.32. The maximum absolute atomic E-state index is 12.8. The molecule has 2 heterocycles. The molecule has 1 aliphatic heterocycles. The highest BCUT2D eigenvalue weighted by Gasteiger charge is 2.28. The minimum absolute atomic E-state index is 0.00489. The number of carbonyl (C=O) groups is 1. The summed E-state index contributed by atoms with van der Waals surface area (Å²) in [5.74, 6) is 0.559. The molecule has 2 aromatic rings. The van der Waals surface area contributed by atoms with Crippen molar-refractivity contribution >= 4 is 22.9 Å². The minimum atomic E-state index is -0.437. The molecule has 0 unspecified atom stereocenters. The van der Waals surface area contributed by atoms with E-state index in [-0.39, 0.29) is 11.6 Å². The average molecular weight is 386 g/mol. The summed E-state index contributed by atoms with van der Waals surface area (Å²) in [6, 6.07) is 4.69.